The quantitative estimate of drug-likeness (QED) is 0.905. The van der Waals surface area contributed by atoms with Crippen molar-refractivity contribution in [2.75, 3.05) is 0 Å². The maximum absolute atomic E-state index is 13.6. The first kappa shape index (κ1) is 11.6. The summed E-state index contributed by atoms with van der Waals surface area (Å²) in [7, 11) is 0. The second-order valence-electron chi connectivity index (χ2n) is 4.27. The van der Waals surface area contributed by atoms with E-state index < -0.39 is 11.5 Å². The van der Waals surface area contributed by atoms with Gasteiger partial charge >= 0.3 is 0 Å². The summed E-state index contributed by atoms with van der Waals surface area (Å²) in [6, 6.07) is 6.39. The van der Waals surface area contributed by atoms with Crippen molar-refractivity contribution >= 4 is 15.9 Å². The summed E-state index contributed by atoms with van der Waals surface area (Å²) in [5, 5.41) is 9.16. The first-order chi connectivity index (χ1) is 7.59. The van der Waals surface area contributed by atoms with E-state index in [0.29, 0.717) is 5.56 Å². The largest absolute Gasteiger partial charge is 0.323 e. The van der Waals surface area contributed by atoms with Gasteiger partial charge in [0.2, 0.25) is 0 Å². The maximum Gasteiger partial charge on any atom is 0.128 e. The Labute approximate surface area is 102 Å². The minimum absolute atomic E-state index is 0.336. The number of nitriles is 1. The number of rotatable bonds is 2. The minimum atomic E-state index is -0.568. The van der Waals surface area contributed by atoms with Crippen molar-refractivity contribution in [3.8, 4) is 6.07 Å². The van der Waals surface area contributed by atoms with Crippen molar-refractivity contribution in [2.45, 2.75) is 25.3 Å². The predicted octanol–water partition coefficient (Wildman–Crippen LogP) is 3.28. The molecule has 0 aromatic heterocycles. The average molecular weight is 283 g/mol. The molecule has 1 aliphatic carbocycles. The summed E-state index contributed by atoms with van der Waals surface area (Å²) in [6.07, 6.45) is 2.52. The third-order valence-corrected chi connectivity index (χ3v) is 3.85. The summed E-state index contributed by atoms with van der Waals surface area (Å²) in [4.78, 5) is 0. The monoisotopic (exact) mass is 282 g/mol. The predicted molar refractivity (Wildman–Crippen MR) is 62.9 cm³/mol. The van der Waals surface area contributed by atoms with E-state index in [1.165, 1.54) is 6.07 Å². The van der Waals surface area contributed by atoms with Gasteiger partial charge in [-0.05, 0) is 31.0 Å². The zero-order valence-corrected chi connectivity index (χ0v) is 10.3. The Morgan fingerprint density at radius 2 is 2.19 bits per heavy atom. The molecule has 0 spiro atoms. The van der Waals surface area contributed by atoms with Crippen molar-refractivity contribution in [1.29, 1.82) is 5.26 Å². The number of nitrogens with two attached hydrogens (primary N) is 1. The van der Waals surface area contributed by atoms with E-state index in [2.05, 4.69) is 22.0 Å². The fraction of sp³-hybridized carbons (Fsp3) is 0.417. The van der Waals surface area contributed by atoms with Gasteiger partial charge in [0.15, 0.2) is 0 Å². The molecule has 1 unspecified atom stereocenters. The van der Waals surface area contributed by atoms with Crippen LogP contribution in [0.5, 0.6) is 0 Å². The van der Waals surface area contributed by atoms with E-state index >= 15 is 0 Å². The fourth-order valence-corrected chi connectivity index (χ4v) is 2.48. The molecular weight excluding hydrogens is 271 g/mol. The van der Waals surface area contributed by atoms with Crippen LogP contribution in [0, 0.1) is 22.6 Å². The van der Waals surface area contributed by atoms with Gasteiger partial charge in [0.05, 0.1) is 17.5 Å². The van der Waals surface area contributed by atoms with E-state index in [9.17, 15) is 4.39 Å². The molecule has 16 heavy (non-hydrogen) atoms. The lowest BCUT2D eigenvalue weighted by molar-refractivity contribution is 0.166. The smallest absolute Gasteiger partial charge is 0.128 e. The highest BCUT2D eigenvalue weighted by atomic mass is 79.9. The summed E-state index contributed by atoms with van der Waals surface area (Å²) in [6.45, 7) is 0. The van der Waals surface area contributed by atoms with Crippen molar-refractivity contribution < 1.29 is 4.39 Å². The molecule has 1 saturated carbocycles. The van der Waals surface area contributed by atoms with Crippen LogP contribution in [0.4, 0.5) is 4.39 Å². The van der Waals surface area contributed by atoms with Crippen LogP contribution in [-0.2, 0) is 0 Å². The van der Waals surface area contributed by atoms with Crippen LogP contribution < -0.4 is 5.73 Å². The molecule has 0 bridgehead atoms. The van der Waals surface area contributed by atoms with Gasteiger partial charge in [-0.15, -0.1) is 0 Å². The van der Waals surface area contributed by atoms with E-state index in [0.717, 1.165) is 23.7 Å². The molecule has 4 heteroatoms. The SMILES string of the molecule is N#CC1(C(N)c2cc(Br)ccc2F)CCC1. The van der Waals surface area contributed by atoms with Crippen molar-refractivity contribution in [2.24, 2.45) is 11.1 Å². The van der Waals surface area contributed by atoms with Crippen LogP contribution in [0.25, 0.3) is 0 Å². The van der Waals surface area contributed by atoms with Crippen LogP contribution in [0.1, 0.15) is 30.9 Å². The number of halogens is 2. The van der Waals surface area contributed by atoms with Crippen molar-refractivity contribution in [3.05, 3.63) is 34.1 Å². The van der Waals surface area contributed by atoms with Gasteiger partial charge in [0.25, 0.3) is 0 Å². The lowest BCUT2D eigenvalue weighted by Gasteiger charge is -2.40. The maximum atomic E-state index is 13.6. The Kier molecular flexibility index (Phi) is 3.00. The Morgan fingerprint density at radius 1 is 1.50 bits per heavy atom. The highest BCUT2D eigenvalue weighted by Gasteiger charge is 2.44. The third-order valence-electron chi connectivity index (χ3n) is 3.36. The number of hydrogen-bond acceptors (Lipinski definition) is 2. The van der Waals surface area contributed by atoms with Crippen molar-refractivity contribution in [1.82, 2.24) is 0 Å². The van der Waals surface area contributed by atoms with Gasteiger partial charge in [0, 0.05) is 10.0 Å². The van der Waals surface area contributed by atoms with Crippen LogP contribution in [-0.4, -0.2) is 0 Å². The summed E-state index contributed by atoms with van der Waals surface area (Å²) in [5.41, 5.74) is 5.89. The summed E-state index contributed by atoms with van der Waals surface area (Å²) >= 11 is 3.29. The highest BCUT2D eigenvalue weighted by molar-refractivity contribution is 9.10. The van der Waals surface area contributed by atoms with Crippen molar-refractivity contribution in [3.63, 3.8) is 0 Å². The third kappa shape index (κ3) is 1.74. The van der Waals surface area contributed by atoms with E-state index in [-0.39, 0.29) is 5.82 Å². The molecule has 0 saturated heterocycles. The first-order valence-corrected chi connectivity index (χ1v) is 6.00. The topological polar surface area (TPSA) is 49.8 Å². The zero-order chi connectivity index (χ0) is 11.8. The Bertz CT molecular complexity index is 449. The second kappa shape index (κ2) is 4.15. The Morgan fingerprint density at radius 3 is 2.69 bits per heavy atom. The molecule has 1 fully saturated rings. The molecule has 1 aromatic carbocycles. The minimum Gasteiger partial charge on any atom is -0.323 e. The van der Waals surface area contributed by atoms with Crippen LogP contribution in [0.2, 0.25) is 0 Å². The van der Waals surface area contributed by atoms with E-state index in [4.69, 9.17) is 11.0 Å². The molecular formula is C12H12BrFN2. The molecule has 0 amide bonds. The molecule has 1 aromatic rings. The van der Waals surface area contributed by atoms with E-state index in [1.54, 1.807) is 12.1 Å². The molecule has 2 nitrogen and oxygen atoms in total. The fourth-order valence-electron chi connectivity index (χ4n) is 2.10. The number of benzene rings is 1. The zero-order valence-electron chi connectivity index (χ0n) is 8.71. The highest BCUT2D eigenvalue weighted by Crippen LogP contribution is 2.49. The molecule has 0 aliphatic heterocycles. The lowest BCUT2D eigenvalue weighted by Crippen LogP contribution is -2.39. The molecule has 1 atom stereocenters. The number of hydrogen-bond donors (Lipinski definition) is 1. The first-order valence-electron chi connectivity index (χ1n) is 5.21. The lowest BCUT2D eigenvalue weighted by atomic mass is 9.63. The molecule has 84 valence electrons. The molecule has 1 aliphatic rings. The Balaban J connectivity index is 2.37. The Hall–Kier alpha value is -0.920. The van der Waals surface area contributed by atoms with Gasteiger partial charge < -0.3 is 5.73 Å². The normalized spacial score (nSPS) is 19.6. The second-order valence-corrected chi connectivity index (χ2v) is 5.18. The van der Waals surface area contributed by atoms with Crippen LogP contribution >= 0.6 is 15.9 Å². The summed E-state index contributed by atoms with van der Waals surface area (Å²) in [5.74, 6) is -0.336. The average Bonchev–Trinajstić information content (AvgIpc) is 2.21. The number of nitrogens with zero attached hydrogens (tertiary/aromatic N) is 1. The molecule has 2 rings (SSSR count). The van der Waals surface area contributed by atoms with Gasteiger partial charge in [-0.3, -0.25) is 0 Å². The molecule has 0 radical (unpaired) electrons. The van der Waals surface area contributed by atoms with E-state index in [1.807, 2.05) is 0 Å². The summed E-state index contributed by atoms with van der Waals surface area (Å²) < 4.78 is 14.4. The van der Waals surface area contributed by atoms with Gasteiger partial charge in [-0.1, -0.05) is 22.4 Å². The van der Waals surface area contributed by atoms with Gasteiger partial charge in [0.1, 0.15) is 5.82 Å². The van der Waals surface area contributed by atoms with Gasteiger partial charge in [-0.2, -0.15) is 5.26 Å². The molecule has 2 N–H and O–H groups in total. The van der Waals surface area contributed by atoms with Crippen LogP contribution in [0.15, 0.2) is 22.7 Å². The van der Waals surface area contributed by atoms with Gasteiger partial charge in [-0.25, -0.2) is 4.39 Å². The van der Waals surface area contributed by atoms with Crippen LogP contribution in [0.3, 0.4) is 0 Å². The standard InChI is InChI=1S/C12H12BrFN2/c13-8-2-3-10(14)9(6-8)11(16)12(7-15)4-1-5-12/h2-3,6,11H,1,4-5,16H2. The molecule has 0 heterocycles.